The average Bonchev–Trinajstić information content (AvgIpc) is 3.39. The molecule has 0 spiro atoms. The Morgan fingerprint density at radius 1 is 1.06 bits per heavy atom. The highest BCUT2D eigenvalue weighted by atomic mass is 16.5. The topological polar surface area (TPSA) is 66.6 Å². The number of aryl methyl sites for hydroxylation is 2. The molecule has 0 saturated carbocycles. The Morgan fingerprint density at radius 2 is 1.82 bits per heavy atom. The van der Waals surface area contributed by atoms with Crippen LogP contribution < -0.4 is 4.74 Å². The fourth-order valence-corrected chi connectivity index (χ4v) is 4.06. The molecule has 3 aromatic carbocycles. The lowest BCUT2D eigenvalue weighted by Crippen LogP contribution is -2.07. The van der Waals surface area contributed by atoms with Crippen molar-refractivity contribution in [2.24, 2.45) is 0 Å². The molecule has 2 aromatic heterocycles. The number of hydrogen-bond acceptors (Lipinski definition) is 3. The number of imidazole rings is 1. The SMILES string of the molecule is Cc1cc2nc(C(C#N)=Cc3cn(CCOc4ccccc4)c4ccccc34)[nH]c2cc1C. The summed E-state index contributed by atoms with van der Waals surface area (Å²) in [6.45, 7) is 5.40. The normalized spacial score (nSPS) is 11.7. The van der Waals surface area contributed by atoms with Crippen LogP contribution in [-0.4, -0.2) is 21.1 Å². The third-order valence-electron chi connectivity index (χ3n) is 5.94. The zero-order valence-electron chi connectivity index (χ0n) is 18.7. The summed E-state index contributed by atoms with van der Waals surface area (Å²) < 4.78 is 8.06. The van der Waals surface area contributed by atoms with Crippen LogP contribution >= 0.6 is 0 Å². The first-order chi connectivity index (χ1) is 16.1. The van der Waals surface area contributed by atoms with Gasteiger partial charge in [0.05, 0.1) is 23.2 Å². The second kappa shape index (κ2) is 8.68. The van der Waals surface area contributed by atoms with E-state index in [-0.39, 0.29) is 0 Å². The number of nitriles is 1. The average molecular weight is 433 g/mol. The van der Waals surface area contributed by atoms with Crippen LogP contribution in [0.3, 0.4) is 0 Å². The molecule has 0 aliphatic heterocycles. The van der Waals surface area contributed by atoms with Crippen molar-refractivity contribution < 1.29 is 4.74 Å². The molecule has 0 radical (unpaired) electrons. The van der Waals surface area contributed by atoms with Gasteiger partial charge in [0.15, 0.2) is 0 Å². The molecule has 0 bridgehead atoms. The van der Waals surface area contributed by atoms with Crippen LogP contribution in [-0.2, 0) is 6.54 Å². The molecule has 5 aromatic rings. The summed E-state index contributed by atoms with van der Waals surface area (Å²) in [5.41, 5.74) is 6.78. The van der Waals surface area contributed by atoms with Gasteiger partial charge < -0.3 is 14.3 Å². The van der Waals surface area contributed by atoms with E-state index in [1.165, 1.54) is 11.1 Å². The van der Waals surface area contributed by atoms with Crippen LogP contribution in [0.1, 0.15) is 22.5 Å². The summed E-state index contributed by atoms with van der Waals surface area (Å²) in [5, 5.41) is 11.0. The van der Waals surface area contributed by atoms with Crippen LogP contribution in [0, 0.1) is 25.2 Å². The van der Waals surface area contributed by atoms with Gasteiger partial charge in [0.1, 0.15) is 24.3 Å². The number of hydrogen-bond donors (Lipinski definition) is 1. The molecule has 0 unspecified atom stereocenters. The van der Waals surface area contributed by atoms with Gasteiger partial charge in [0, 0.05) is 22.7 Å². The van der Waals surface area contributed by atoms with Gasteiger partial charge in [-0.1, -0.05) is 36.4 Å². The number of rotatable bonds is 6. The minimum atomic E-state index is 0.505. The van der Waals surface area contributed by atoms with Crippen molar-refractivity contribution in [2.75, 3.05) is 6.61 Å². The highest BCUT2D eigenvalue weighted by molar-refractivity contribution is 5.98. The van der Waals surface area contributed by atoms with Crippen LogP contribution in [0.25, 0.3) is 33.6 Å². The molecule has 0 saturated heterocycles. The largest absolute Gasteiger partial charge is 0.492 e. The molecule has 0 aliphatic rings. The van der Waals surface area contributed by atoms with E-state index in [0.717, 1.165) is 33.2 Å². The molecule has 2 heterocycles. The first-order valence-corrected chi connectivity index (χ1v) is 11.0. The highest BCUT2D eigenvalue weighted by Gasteiger charge is 2.12. The van der Waals surface area contributed by atoms with Crippen LogP contribution in [0.15, 0.2) is 72.9 Å². The third-order valence-corrected chi connectivity index (χ3v) is 5.94. The Bertz CT molecular complexity index is 1480. The number of para-hydroxylation sites is 2. The smallest absolute Gasteiger partial charge is 0.149 e. The molecule has 0 amide bonds. The van der Waals surface area contributed by atoms with Crippen molar-refractivity contribution in [3.63, 3.8) is 0 Å². The Kier molecular flexibility index (Phi) is 5.42. The quantitative estimate of drug-likeness (QED) is 0.321. The molecule has 0 fully saturated rings. The lowest BCUT2D eigenvalue weighted by Gasteiger charge is -2.08. The van der Waals surface area contributed by atoms with Crippen molar-refractivity contribution in [3.8, 4) is 11.8 Å². The number of fused-ring (bicyclic) bond motifs is 2. The van der Waals surface area contributed by atoms with Crippen LogP contribution in [0.5, 0.6) is 5.75 Å². The number of allylic oxidation sites excluding steroid dienone is 1. The Balaban J connectivity index is 1.48. The maximum absolute atomic E-state index is 9.92. The van der Waals surface area contributed by atoms with Crippen molar-refractivity contribution in [2.45, 2.75) is 20.4 Å². The zero-order valence-corrected chi connectivity index (χ0v) is 18.7. The van der Waals surface area contributed by atoms with Gasteiger partial charge in [-0.15, -0.1) is 0 Å². The predicted molar refractivity (Wildman–Crippen MR) is 133 cm³/mol. The van der Waals surface area contributed by atoms with Crippen molar-refractivity contribution in [1.82, 2.24) is 14.5 Å². The standard InChI is InChI=1S/C28H24N4O/c1-19-14-25-26(15-20(19)2)31-28(30-25)21(17-29)16-22-18-32(27-11-7-6-10-24(22)27)12-13-33-23-8-4-3-5-9-23/h3-11,14-16,18H,12-13H2,1-2H3,(H,30,31). The fraction of sp³-hybridized carbons (Fsp3) is 0.143. The van der Waals surface area contributed by atoms with Crippen LogP contribution in [0.2, 0.25) is 0 Å². The van der Waals surface area contributed by atoms with Gasteiger partial charge in [-0.25, -0.2) is 4.98 Å². The second-order valence-electron chi connectivity index (χ2n) is 8.17. The zero-order chi connectivity index (χ0) is 22.8. The molecule has 1 N–H and O–H groups in total. The summed E-state index contributed by atoms with van der Waals surface area (Å²) >= 11 is 0. The van der Waals surface area contributed by atoms with Gasteiger partial charge in [-0.05, 0) is 61.4 Å². The molecule has 0 atom stereocenters. The van der Waals surface area contributed by atoms with E-state index in [2.05, 4.69) is 64.9 Å². The van der Waals surface area contributed by atoms with E-state index < -0.39 is 0 Å². The molecule has 5 nitrogen and oxygen atoms in total. The van der Waals surface area contributed by atoms with Gasteiger partial charge in [0.2, 0.25) is 0 Å². The third kappa shape index (κ3) is 4.11. The Morgan fingerprint density at radius 3 is 2.64 bits per heavy atom. The first kappa shape index (κ1) is 20.6. The van der Waals surface area contributed by atoms with E-state index in [9.17, 15) is 5.26 Å². The van der Waals surface area contributed by atoms with E-state index >= 15 is 0 Å². The molecular formula is C28H24N4O. The monoisotopic (exact) mass is 432 g/mol. The number of benzene rings is 3. The van der Waals surface area contributed by atoms with E-state index in [4.69, 9.17) is 4.74 Å². The minimum Gasteiger partial charge on any atom is -0.492 e. The lowest BCUT2D eigenvalue weighted by molar-refractivity contribution is 0.300. The summed E-state index contributed by atoms with van der Waals surface area (Å²) in [7, 11) is 0. The lowest BCUT2D eigenvalue weighted by atomic mass is 10.1. The summed E-state index contributed by atoms with van der Waals surface area (Å²) in [5.74, 6) is 1.44. The number of aromatic amines is 1. The maximum Gasteiger partial charge on any atom is 0.149 e. The summed E-state index contributed by atoms with van der Waals surface area (Å²) in [4.78, 5) is 7.99. The second-order valence-corrected chi connectivity index (χ2v) is 8.17. The molecule has 33 heavy (non-hydrogen) atoms. The van der Waals surface area contributed by atoms with Crippen molar-refractivity contribution in [3.05, 3.63) is 95.4 Å². The number of nitrogens with zero attached hydrogens (tertiary/aromatic N) is 3. The Hall–Kier alpha value is -4.30. The van der Waals surface area contributed by atoms with Gasteiger partial charge >= 0.3 is 0 Å². The highest BCUT2D eigenvalue weighted by Crippen LogP contribution is 2.27. The predicted octanol–water partition coefficient (Wildman–Crippen LogP) is 6.28. The summed E-state index contributed by atoms with van der Waals surface area (Å²) in [6.07, 6.45) is 3.99. The number of nitrogens with one attached hydrogen (secondary N) is 1. The van der Waals surface area contributed by atoms with E-state index in [1.54, 1.807) is 0 Å². The molecule has 5 rings (SSSR count). The fourth-order valence-electron chi connectivity index (χ4n) is 4.06. The molecule has 0 aliphatic carbocycles. The maximum atomic E-state index is 9.92. The van der Waals surface area contributed by atoms with Gasteiger partial charge in [0.25, 0.3) is 0 Å². The van der Waals surface area contributed by atoms with Crippen LogP contribution in [0.4, 0.5) is 0 Å². The Labute approximate surface area is 192 Å². The van der Waals surface area contributed by atoms with Crippen molar-refractivity contribution in [1.29, 1.82) is 5.26 Å². The summed E-state index contributed by atoms with van der Waals surface area (Å²) in [6, 6.07) is 24.5. The van der Waals surface area contributed by atoms with Gasteiger partial charge in [-0.3, -0.25) is 0 Å². The number of aromatic nitrogens is 3. The first-order valence-electron chi connectivity index (χ1n) is 11.0. The molecular weight excluding hydrogens is 408 g/mol. The molecule has 5 heteroatoms. The van der Waals surface area contributed by atoms with Crippen molar-refractivity contribution >= 4 is 33.6 Å². The van der Waals surface area contributed by atoms with Gasteiger partial charge in [-0.2, -0.15) is 5.26 Å². The van der Waals surface area contributed by atoms with E-state index in [0.29, 0.717) is 24.5 Å². The number of ether oxygens (including phenoxy) is 1. The number of H-pyrrole nitrogens is 1. The minimum absolute atomic E-state index is 0.505. The molecule has 162 valence electrons. The van der Waals surface area contributed by atoms with E-state index in [1.807, 2.05) is 48.5 Å².